The predicted molar refractivity (Wildman–Crippen MR) is 93.9 cm³/mol. The summed E-state index contributed by atoms with van der Waals surface area (Å²) in [7, 11) is 0. The van der Waals surface area contributed by atoms with Crippen LogP contribution < -0.4 is 0 Å². The normalized spacial score (nSPS) is 22.4. The largest absolute Gasteiger partial charge is 0.444 e. The number of pyridine rings is 1. The van der Waals surface area contributed by atoms with Gasteiger partial charge in [0.15, 0.2) is 0 Å². The summed E-state index contributed by atoms with van der Waals surface area (Å²) < 4.78 is 5.54. The minimum absolute atomic E-state index is 0.0694. The van der Waals surface area contributed by atoms with Gasteiger partial charge in [-0.15, -0.1) is 0 Å². The van der Waals surface area contributed by atoms with Crippen LogP contribution in [0.4, 0.5) is 4.79 Å². The Hall–Kier alpha value is -1.62. The molecule has 2 heterocycles. The molecule has 0 bridgehead atoms. The Kier molecular flexibility index (Phi) is 5.23. The van der Waals surface area contributed by atoms with Crippen LogP contribution in [0, 0.1) is 0 Å². The molecular formula is C19H30N2O3. The summed E-state index contributed by atoms with van der Waals surface area (Å²) in [6.45, 7) is 12.4. The Labute approximate surface area is 145 Å². The molecule has 2 unspecified atom stereocenters. The summed E-state index contributed by atoms with van der Waals surface area (Å²) in [6.07, 6.45) is 0.283. The first kappa shape index (κ1) is 18.7. The molecule has 2 rings (SSSR count). The van der Waals surface area contributed by atoms with Crippen molar-refractivity contribution in [1.29, 1.82) is 0 Å². The number of ether oxygens (including phenoxy) is 1. The van der Waals surface area contributed by atoms with Crippen molar-refractivity contribution in [1.82, 2.24) is 9.88 Å². The van der Waals surface area contributed by atoms with Crippen LogP contribution in [0.15, 0.2) is 18.2 Å². The molecule has 24 heavy (non-hydrogen) atoms. The van der Waals surface area contributed by atoms with Gasteiger partial charge >= 0.3 is 6.09 Å². The molecule has 5 nitrogen and oxygen atoms in total. The molecule has 2 atom stereocenters. The number of carbonyl (C=O) groups is 1. The van der Waals surface area contributed by atoms with Crippen LogP contribution in [0.25, 0.3) is 0 Å². The van der Waals surface area contributed by atoms with Gasteiger partial charge in [0, 0.05) is 17.7 Å². The second kappa shape index (κ2) is 6.71. The third kappa shape index (κ3) is 4.69. The fourth-order valence-electron chi connectivity index (χ4n) is 2.82. The molecule has 1 saturated heterocycles. The molecule has 1 aromatic rings. The van der Waals surface area contributed by atoms with Gasteiger partial charge in [0.05, 0.1) is 17.8 Å². The molecule has 1 N–H and O–H groups in total. The zero-order chi connectivity index (χ0) is 18.1. The average molecular weight is 334 g/mol. The molecular weight excluding hydrogens is 304 g/mol. The number of aliphatic hydroxyl groups is 1. The Morgan fingerprint density at radius 1 is 1.25 bits per heavy atom. The van der Waals surface area contributed by atoms with E-state index in [1.165, 1.54) is 0 Å². The standard InChI is InChI=1S/C19H30N2O3/c1-18(2,3)16-9-7-8-14(20-16)15-12-13(22)10-11-21(15)17(23)24-19(4,5)6/h7-9,13,15,22H,10-12H2,1-6H3. The lowest BCUT2D eigenvalue weighted by Crippen LogP contribution is -2.45. The van der Waals surface area contributed by atoms with Gasteiger partial charge in [-0.3, -0.25) is 9.88 Å². The highest BCUT2D eigenvalue weighted by molar-refractivity contribution is 5.69. The van der Waals surface area contributed by atoms with Gasteiger partial charge in [0.25, 0.3) is 0 Å². The Morgan fingerprint density at radius 2 is 1.92 bits per heavy atom. The first-order valence-electron chi connectivity index (χ1n) is 8.62. The van der Waals surface area contributed by atoms with Gasteiger partial charge < -0.3 is 9.84 Å². The molecule has 1 aliphatic heterocycles. The summed E-state index contributed by atoms with van der Waals surface area (Å²) in [5.74, 6) is 0. The number of hydrogen-bond acceptors (Lipinski definition) is 4. The molecule has 0 saturated carbocycles. The van der Waals surface area contributed by atoms with E-state index in [0.717, 1.165) is 11.4 Å². The number of piperidine rings is 1. The number of nitrogens with zero attached hydrogens (tertiary/aromatic N) is 2. The molecule has 0 radical (unpaired) electrons. The fourth-order valence-corrected chi connectivity index (χ4v) is 2.82. The number of amides is 1. The minimum Gasteiger partial charge on any atom is -0.444 e. The van der Waals surface area contributed by atoms with E-state index in [0.29, 0.717) is 19.4 Å². The molecule has 0 spiro atoms. The number of aliphatic hydroxyl groups excluding tert-OH is 1. The van der Waals surface area contributed by atoms with Crippen molar-refractivity contribution in [2.75, 3.05) is 6.54 Å². The predicted octanol–water partition coefficient (Wildman–Crippen LogP) is 3.81. The van der Waals surface area contributed by atoms with Crippen molar-refractivity contribution in [3.63, 3.8) is 0 Å². The van der Waals surface area contributed by atoms with Crippen LogP contribution in [-0.4, -0.2) is 39.3 Å². The van der Waals surface area contributed by atoms with E-state index in [2.05, 4.69) is 20.8 Å². The first-order valence-corrected chi connectivity index (χ1v) is 8.62. The number of rotatable bonds is 1. The van der Waals surface area contributed by atoms with Gasteiger partial charge in [-0.25, -0.2) is 4.79 Å². The van der Waals surface area contributed by atoms with E-state index in [9.17, 15) is 9.90 Å². The van der Waals surface area contributed by atoms with E-state index in [-0.39, 0.29) is 17.6 Å². The maximum absolute atomic E-state index is 12.6. The van der Waals surface area contributed by atoms with Crippen molar-refractivity contribution in [2.24, 2.45) is 0 Å². The molecule has 1 amide bonds. The van der Waals surface area contributed by atoms with Crippen molar-refractivity contribution in [3.8, 4) is 0 Å². The summed E-state index contributed by atoms with van der Waals surface area (Å²) in [6, 6.07) is 5.64. The maximum atomic E-state index is 12.6. The van der Waals surface area contributed by atoms with Crippen LogP contribution in [0.2, 0.25) is 0 Å². The first-order chi connectivity index (χ1) is 11.0. The molecule has 1 aromatic heterocycles. The summed E-state index contributed by atoms with van der Waals surface area (Å²) in [4.78, 5) is 19.1. The third-order valence-corrected chi connectivity index (χ3v) is 4.08. The van der Waals surface area contributed by atoms with Gasteiger partial charge in [0.1, 0.15) is 5.60 Å². The van der Waals surface area contributed by atoms with Gasteiger partial charge in [0.2, 0.25) is 0 Å². The van der Waals surface area contributed by atoms with Crippen LogP contribution in [0.1, 0.15) is 71.8 Å². The SMILES string of the molecule is CC(C)(C)OC(=O)N1CCC(O)CC1c1cccc(C(C)(C)C)n1. The van der Waals surface area contributed by atoms with Crippen molar-refractivity contribution in [2.45, 2.75) is 77.5 Å². The molecule has 5 heteroatoms. The summed E-state index contributed by atoms with van der Waals surface area (Å²) in [5, 5.41) is 10.1. The lowest BCUT2D eigenvalue weighted by molar-refractivity contribution is -0.00921. The lowest BCUT2D eigenvalue weighted by Gasteiger charge is -2.38. The Balaban J connectivity index is 2.31. The molecule has 1 aliphatic rings. The minimum atomic E-state index is -0.543. The quantitative estimate of drug-likeness (QED) is 0.848. The van der Waals surface area contributed by atoms with E-state index < -0.39 is 11.7 Å². The highest BCUT2D eigenvalue weighted by atomic mass is 16.6. The van der Waals surface area contributed by atoms with E-state index >= 15 is 0 Å². The second-order valence-electron chi connectivity index (χ2n) is 8.57. The van der Waals surface area contributed by atoms with Crippen LogP contribution in [-0.2, 0) is 10.2 Å². The topological polar surface area (TPSA) is 62.7 Å². The number of likely N-dealkylation sites (tertiary alicyclic amines) is 1. The van der Waals surface area contributed by atoms with Crippen molar-refractivity contribution < 1.29 is 14.6 Å². The van der Waals surface area contributed by atoms with Crippen LogP contribution >= 0.6 is 0 Å². The van der Waals surface area contributed by atoms with Crippen molar-refractivity contribution >= 4 is 6.09 Å². The second-order valence-corrected chi connectivity index (χ2v) is 8.57. The lowest BCUT2D eigenvalue weighted by atomic mass is 9.90. The number of aromatic nitrogens is 1. The Bertz CT molecular complexity index is 587. The van der Waals surface area contributed by atoms with E-state index in [1.807, 2.05) is 39.0 Å². The molecule has 1 fully saturated rings. The zero-order valence-corrected chi connectivity index (χ0v) is 15.7. The fraction of sp³-hybridized carbons (Fsp3) is 0.684. The number of carbonyl (C=O) groups excluding carboxylic acids is 1. The third-order valence-electron chi connectivity index (χ3n) is 4.08. The number of hydrogen-bond donors (Lipinski definition) is 1. The summed E-state index contributed by atoms with van der Waals surface area (Å²) in [5.41, 5.74) is 1.18. The molecule has 0 aliphatic carbocycles. The van der Waals surface area contributed by atoms with Gasteiger partial charge in [-0.05, 0) is 45.7 Å². The summed E-state index contributed by atoms with van der Waals surface area (Å²) >= 11 is 0. The van der Waals surface area contributed by atoms with Crippen molar-refractivity contribution in [3.05, 3.63) is 29.6 Å². The monoisotopic (exact) mass is 334 g/mol. The highest BCUT2D eigenvalue weighted by Crippen LogP contribution is 2.32. The highest BCUT2D eigenvalue weighted by Gasteiger charge is 2.35. The smallest absolute Gasteiger partial charge is 0.410 e. The van der Waals surface area contributed by atoms with Crippen LogP contribution in [0.5, 0.6) is 0 Å². The Morgan fingerprint density at radius 3 is 2.50 bits per heavy atom. The van der Waals surface area contributed by atoms with Gasteiger partial charge in [-0.1, -0.05) is 26.8 Å². The molecule has 0 aromatic carbocycles. The molecule has 134 valence electrons. The van der Waals surface area contributed by atoms with E-state index in [1.54, 1.807) is 4.90 Å². The van der Waals surface area contributed by atoms with Crippen LogP contribution in [0.3, 0.4) is 0 Å². The maximum Gasteiger partial charge on any atom is 0.410 e. The zero-order valence-electron chi connectivity index (χ0n) is 15.7. The average Bonchev–Trinajstić information content (AvgIpc) is 2.44. The van der Waals surface area contributed by atoms with Gasteiger partial charge in [-0.2, -0.15) is 0 Å². The van der Waals surface area contributed by atoms with E-state index in [4.69, 9.17) is 9.72 Å².